The molecule has 6 aromatic carbocycles. The van der Waals surface area contributed by atoms with Gasteiger partial charge in [-0.3, -0.25) is 0 Å². The predicted molar refractivity (Wildman–Crippen MR) is 179 cm³/mol. The monoisotopic (exact) mass is 615 g/mol. The topological polar surface area (TPSA) is 38.7 Å². The summed E-state index contributed by atoms with van der Waals surface area (Å²) < 4.78 is 2.51. The molecule has 0 amide bonds. The summed E-state index contributed by atoms with van der Waals surface area (Å²) in [6.45, 7) is 0. The van der Waals surface area contributed by atoms with Crippen molar-refractivity contribution in [3.63, 3.8) is 0 Å². The molecule has 2 aromatic heterocycles. The summed E-state index contributed by atoms with van der Waals surface area (Å²) in [6, 6.07) is 53.0. The molecule has 0 aliphatic heterocycles. The smallest absolute Gasteiger partial charge is 0.0544 e. The molecule has 0 radical (unpaired) electrons. The summed E-state index contributed by atoms with van der Waals surface area (Å²) in [5, 5.41) is 2.47. The van der Waals surface area contributed by atoms with Gasteiger partial charge in [-0.1, -0.05) is 30.3 Å². The van der Waals surface area contributed by atoms with Crippen LogP contribution in [-0.2, 0) is 0 Å². The van der Waals surface area contributed by atoms with Crippen LogP contribution in [0, 0.1) is 0 Å². The Morgan fingerprint density at radius 2 is 0.930 bits per heavy atom. The molecule has 0 N–H and O–H groups in total. The van der Waals surface area contributed by atoms with Crippen LogP contribution < -0.4 is 0 Å². The number of hydrogen-bond acceptors (Lipinski definition) is 3. The van der Waals surface area contributed by atoms with Crippen molar-refractivity contribution < 1.29 is 0 Å². The number of aromatic nitrogens is 3. The second kappa shape index (κ2) is 10.9. The van der Waals surface area contributed by atoms with E-state index in [9.17, 15) is 0 Å². The minimum absolute atomic E-state index is 0.126. The van der Waals surface area contributed by atoms with Crippen molar-refractivity contribution >= 4 is 35.1 Å². The molecule has 4 heteroatoms. The van der Waals surface area contributed by atoms with Gasteiger partial charge in [-0.2, -0.15) is 0 Å². The number of rotatable bonds is 5. The van der Waals surface area contributed by atoms with Crippen LogP contribution in [0.3, 0.4) is 0 Å². The van der Waals surface area contributed by atoms with Gasteiger partial charge in [0.2, 0.25) is 0 Å². The molecular weight excluding hydrogens is 589 g/mol. The van der Waals surface area contributed by atoms with E-state index in [0.717, 1.165) is 33.6 Å². The number of fused-ring (bicyclic) bond motifs is 3. The van der Waals surface area contributed by atoms with Gasteiger partial charge in [0, 0.05) is 0 Å². The third-order valence-corrected chi connectivity index (χ3v) is 10.2. The summed E-state index contributed by atoms with van der Waals surface area (Å²) in [5.41, 5.74) is 9.60. The minimum atomic E-state index is 0.126. The van der Waals surface area contributed by atoms with Crippen LogP contribution in [0.25, 0.3) is 75.7 Å². The SMILES string of the molecule is c1ccc(-c2ccc(-c3nc(-c4ccccc4)cc(-c4ccc5ccc6nc(-c7ccccc7)[se]c6c5c4)n3)cc2)cc1. The Hall–Kier alpha value is -5.15. The Balaban J connectivity index is 1.26. The van der Waals surface area contributed by atoms with Gasteiger partial charge in [0.15, 0.2) is 0 Å². The molecule has 0 saturated carbocycles. The maximum Gasteiger partial charge on any atom is -0.0544 e. The van der Waals surface area contributed by atoms with Crippen molar-refractivity contribution in [3.8, 4) is 55.2 Å². The molecule has 0 aliphatic rings. The van der Waals surface area contributed by atoms with E-state index in [1.54, 1.807) is 0 Å². The van der Waals surface area contributed by atoms with Gasteiger partial charge in [0.1, 0.15) is 0 Å². The van der Waals surface area contributed by atoms with E-state index in [1.807, 2.05) is 12.1 Å². The first-order chi connectivity index (χ1) is 21.3. The second-order valence-electron chi connectivity index (χ2n) is 10.5. The van der Waals surface area contributed by atoms with E-state index in [4.69, 9.17) is 15.0 Å². The number of benzene rings is 6. The first kappa shape index (κ1) is 25.6. The van der Waals surface area contributed by atoms with Gasteiger partial charge in [-0.05, 0) is 0 Å². The van der Waals surface area contributed by atoms with E-state index in [0.29, 0.717) is 5.82 Å². The van der Waals surface area contributed by atoms with Crippen molar-refractivity contribution in [3.05, 3.63) is 152 Å². The molecule has 0 unspecified atom stereocenters. The Labute approximate surface area is 255 Å². The Kier molecular flexibility index (Phi) is 6.49. The first-order valence-corrected chi connectivity index (χ1v) is 16.0. The molecular formula is C39H25N3Se. The van der Waals surface area contributed by atoms with Gasteiger partial charge in [0.25, 0.3) is 0 Å². The van der Waals surface area contributed by atoms with Gasteiger partial charge in [-0.25, -0.2) is 0 Å². The van der Waals surface area contributed by atoms with Crippen molar-refractivity contribution in [2.45, 2.75) is 0 Å². The minimum Gasteiger partial charge on any atom is -0.0617 e. The summed E-state index contributed by atoms with van der Waals surface area (Å²) >= 11 is 0.126. The quantitative estimate of drug-likeness (QED) is 0.181. The van der Waals surface area contributed by atoms with Crippen LogP contribution in [0.15, 0.2) is 152 Å². The Morgan fingerprint density at radius 3 is 1.63 bits per heavy atom. The average Bonchev–Trinajstić information content (AvgIpc) is 3.54. The molecule has 0 aliphatic carbocycles. The Bertz CT molecular complexity index is 2210. The van der Waals surface area contributed by atoms with Crippen LogP contribution in [0.5, 0.6) is 0 Å². The van der Waals surface area contributed by atoms with E-state index in [1.165, 1.54) is 36.3 Å². The zero-order valence-electron chi connectivity index (χ0n) is 23.2. The van der Waals surface area contributed by atoms with E-state index >= 15 is 0 Å². The summed E-state index contributed by atoms with van der Waals surface area (Å²) in [5.74, 6) is 0.716. The zero-order chi connectivity index (χ0) is 28.6. The summed E-state index contributed by atoms with van der Waals surface area (Å²) in [6.07, 6.45) is 0. The zero-order valence-corrected chi connectivity index (χ0v) is 24.9. The van der Waals surface area contributed by atoms with Crippen LogP contribution in [-0.4, -0.2) is 29.5 Å². The van der Waals surface area contributed by atoms with E-state index < -0.39 is 0 Å². The van der Waals surface area contributed by atoms with Crippen LogP contribution in [0.2, 0.25) is 0 Å². The average molecular weight is 615 g/mol. The molecule has 0 atom stereocenters. The molecule has 8 rings (SSSR count). The number of nitrogens with zero attached hydrogens (tertiary/aromatic N) is 3. The normalized spacial score (nSPS) is 11.3. The maximum absolute atomic E-state index is 5.13. The van der Waals surface area contributed by atoms with Crippen molar-refractivity contribution in [2.24, 2.45) is 0 Å². The molecule has 0 saturated heterocycles. The summed E-state index contributed by atoms with van der Waals surface area (Å²) in [4.78, 5) is 15.2. The van der Waals surface area contributed by atoms with Gasteiger partial charge in [0.05, 0.1) is 0 Å². The second-order valence-corrected chi connectivity index (χ2v) is 12.6. The van der Waals surface area contributed by atoms with Gasteiger partial charge < -0.3 is 0 Å². The Morgan fingerprint density at radius 1 is 0.395 bits per heavy atom. The fraction of sp³-hybridized carbons (Fsp3) is 0. The molecule has 0 spiro atoms. The predicted octanol–water partition coefficient (Wildman–Crippen LogP) is 9.57. The number of hydrogen-bond donors (Lipinski definition) is 0. The molecule has 202 valence electrons. The van der Waals surface area contributed by atoms with Crippen LogP contribution in [0.4, 0.5) is 0 Å². The molecule has 3 nitrogen and oxygen atoms in total. The first-order valence-electron chi connectivity index (χ1n) is 14.3. The largest absolute Gasteiger partial charge is 0.0617 e. The van der Waals surface area contributed by atoms with E-state index in [2.05, 4.69) is 140 Å². The maximum atomic E-state index is 5.13. The molecule has 0 bridgehead atoms. The van der Waals surface area contributed by atoms with Gasteiger partial charge >= 0.3 is 226 Å². The molecule has 43 heavy (non-hydrogen) atoms. The summed E-state index contributed by atoms with van der Waals surface area (Å²) in [7, 11) is 0. The molecule has 2 heterocycles. The van der Waals surface area contributed by atoms with Crippen LogP contribution >= 0.6 is 0 Å². The third kappa shape index (κ3) is 4.97. The van der Waals surface area contributed by atoms with E-state index in [-0.39, 0.29) is 14.5 Å². The third-order valence-electron chi connectivity index (χ3n) is 7.73. The molecule has 8 aromatic rings. The standard InChI is InChI=1S/C39H25N3Se/c1-4-10-26(11-5-1)27-16-19-30(20-17-27)38-40-35(29-12-6-2-7-13-29)25-36(41-38)32-21-18-28-22-23-34-37(33(28)24-32)43-39(42-34)31-14-8-3-9-15-31/h1-25H. The van der Waals surface area contributed by atoms with Crippen molar-refractivity contribution in [1.29, 1.82) is 0 Å². The molecule has 0 fully saturated rings. The fourth-order valence-electron chi connectivity index (χ4n) is 5.49. The fourth-order valence-corrected chi connectivity index (χ4v) is 7.79. The van der Waals surface area contributed by atoms with Crippen LogP contribution in [0.1, 0.15) is 0 Å². The van der Waals surface area contributed by atoms with Crippen molar-refractivity contribution in [1.82, 2.24) is 15.0 Å². The van der Waals surface area contributed by atoms with Crippen molar-refractivity contribution in [2.75, 3.05) is 0 Å². The van der Waals surface area contributed by atoms with Gasteiger partial charge in [-0.15, -0.1) is 0 Å².